The lowest BCUT2D eigenvalue weighted by atomic mass is 9.98. The zero-order chi connectivity index (χ0) is 16.9. The summed E-state index contributed by atoms with van der Waals surface area (Å²) in [5, 5.41) is 3.29. The number of nitrogens with one attached hydrogen (secondary N) is 1. The molecule has 1 amide bonds. The highest BCUT2D eigenvalue weighted by molar-refractivity contribution is 5.83. The van der Waals surface area contributed by atoms with Gasteiger partial charge in [0.05, 0.1) is 12.1 Å². The van der Waals surface area contributed by atoms with Gasteiger partial charge in [-0.1, -0.05) is 67.6 Å². The number of likely N-dealkylation sites (N-methyl/N-ethyl adjacent to an activating group) is 1. The Morgan fingerprint density at radius 1 is 1.04 bits per heavy atom. The largest absolute Gasteiger partial charge is 0.344 e. The van der Waals surface area contributed by atoms with Gasteiger partial charge in [-0.05, 0) is 37.4 Å². The second kappa shape index (κ2) is 7.63. The highest BCUT2D eigenvalue weighted by Crippen LogP contribution is 2.27. The Bertz CT molecular complexity index is 617. The van der Waals surface area contributed by atoms with Gasteiger partial charge in [0.2, 0.25) is 5.91 Å². The summed E-state index contributed by atoms with van der Waals surface area (Å²) >= 11 is 0. The van der Waals surface area contributed by atoms with Gasteiger partial charge in [0.15, 0.2) is 0 Å². The minimum Gasteiger partial charge on any atom is -0.344 e. The Morgan fingerprint density at radius 2 is 1.58 bits per heavy atom. The smallest absolute Gasteiger partial charge is 0.238 e. The molecule has 2 aromatic rings. The maximum absolute atomic E-state index is 12.9. The summed E-state index contributed by atoms with van der Waals surface area (Å²) in [7, 11) is 2.07. The van der Waals surface area contributed by atoms with Crippen molar-refractivity contribution in [3.05, 3.63) is 71.8 Å². The standard InChI is InChI=1S/C21H26N2O/c1-3-18-14-15-19(23(18)2)21(24)22-20(16-10-6-4-7-11-16)17-12-8-5-9-13-17/h4-13,18-20H,3,14-15H2,1-2H3,(H,22,24)/t18-,19-/m0/s1. The molecule has 0 unspecified atom stereocenters. The quantitative estimate of drug-likeness (QED) is 0.909. The number of hydrogen-bond donors (Lipinski definition) is 1. The summed E-state index contributed by atoms with van der Waals surface area (Å²) in [5.74, 6) is 0.131. The number of amides is 1. The van der Waals surface area contributed by atoms with Crippen molar-refractivity contribution in [2.75, 3.05) is 7.05 Å². The molecular formula is C21H26N2O. The molecule has 1 fully saturated rings. The number of benzene rings is 2. The third-order valence-electron chi connectivity index (χ3n) is 5.17. The van der Waals surface area contributed by atoms with E-state index in [0.29, 0.717) is 6.04 Å². The van der Waals surface area contributed by atoms with E-state index in [9.17, 15) is 4.79 Å². The summed E-state index contributed by atoms with van der Waals surface area (Å²) in [6.45, 7) is 2.19. The third-order valence-corrected chi connectivity index (χ3v) is 5.17. The number of carbonyl (C=O) groups is 1. The summed E-state index contributed by atoms with van der Waals surface area (Å²) in [4.78, 5) is 15.2. The van der Waals surface area contributed by atoms with Crippen LogP contribution in [0.15, 0.2) is 60.7 Å². The number of carbonyl (C=O) groups excluding carboxylic acids is 1. The molecule has 2 aromatic carbocycles. The molecule has 0 radical (unpaired) electrons. The second-order valence-electron chi connectivity index (χ2n) is 6.58. The minimum absolute atomic E-state index is 0.0233. The van der Waals surface area contributed by atoms with Crippen LogP contribution in [0.2, 0.25) is 0 Å². The molecule has 0 aromatic heterocycles. The first kappa shape index (κ1) is 16.7. The van der Waals surface area contributed by atoms with E-state index in [1.807, 2.05) is 36.4 Å². The molecule has 0 bridgehead atoms. The summed E-state index contributed by atoms with van der Waals surface area (Å²) in [6, 6.07) is 20.8. The highest BCUT2D eigenvalue weighted by atomic mass is 16.2. The van der Waals surface area contributed by atoms with Crippen molar-refractivity contribution in [1.29, 1.82) is 0 Å². The highest BCUT2D eigenvalue weighted by Gasteiger charge is 2.35. The number of hydrogen-bond acceptors (Lipinski definition) is 2. The summed E-state index contributed by atoms with van der Waals surface area (Å²) in [6.07, 6.45) is 3.14. The van der Waals surface area contributed by atoms with Crippen LogP contribution in [-0.4, -0.2) is 29.9 Å². The minimum atomic E-state index is -0.103. The fourth-order valence-corrected chi connectivity index (χ4v) is 3.71. The van der Waals surface area contributed by atoms with E-state index in [1.54, 1.807) is 0 Å². The Balaban J connectivity index is 1.81. The van der Waals surface area contributed by atoms with Crippen molar-refractivity contribution in [3.8, 4) is 0 Å². The number of nitrogens with zero attached hydrogens (tertiary/aromatic N) is 1. The van der Waals surface area contributed by atoms with Crippen molar-refractivity contribution < 1.29 is 4.79 Å². The first-order valence-electron chi connectivity index (χ1n) is 8.83. The molecule has 1 saturated heterocycles. The maximum Gasteiger partial charge on any atom is 0.238 e. The van der Waals surface area contributed by atoms with Gasteiger partial charge in [0.1, 0.15) is 0 Å². The first-order chi connectivity index (χ1) is 11.7. The molecule has 1 heterocycles. The van der Waals surface area contributed by atoms with Gasteiger partial charge in [-0.2, -0.15) is 0 Å². The van der Waals surface area contributed by atoms with Crippen LogP contribution < -0.4 is 5.32 Å². The molecule has 3 heteroatoms. The monoisotopic (exact) mass is 322 g/mol. The lowest BCUT2D eigenvalue weighted by Crippen LogP contribution is -2.45. The SMILES string of the molecule is CC[C@H]1CC[C@@H](C(=O)NC(c2ccccc2)c2ccccc2)N1C. The van der Waals surface area contributed by atoms with Crippen LogP contribution in [0.5, 0.6) is 0 Å². The van der Waals surface area contributed by atoms with Gasteiger partial charge < -0.3 is 5.32 Å². The van der Waals surface area contributed by atoms with Gasteiger partial charge in [-0.15, -0.1) is 0 Å². The molecule has 0 saturated carbocycles. The van der Waals surface area contributed by atoms with Gasteiger partial charge in [-0.3, -0.25) is 9.69 Å². The van der Waals surface area contributed by atoms with Crippen LogP contribution in [0, 0.1) is 0 Å². The van der Waals surface area contributed by atoms with Crippen LogP contribution in [0.4, 0.5) is 0 Å². The van der Waals surface area contributed by atoms with E-state index in [2.05, 4.69) is 48.5 Å². The molecule has 1 aliphatic rings. The van der Waals surface area contributed by atoms with Crippen LogP contribution in [0.25, 0.3) is 0 Å². The fourth-order valence-electron chi connectivity index (χ4n) is 3.71. The Kier molecular flexibility index (Phi) is 5.31. The average molecular weight is 322 g/mol. The van der Waals surface area contributed by atoms with Crippen molar-refractivity contribution in [1.82, 2.24) is 10.2 Å². The maximum atomic E-state index is 12.9. The van der Waals surface area contributed by atoms with Crippen molar-refractivity contribution in [2.45, 2.75) is 44.3 Å². The molecule has 3 rings (SSSR count). The Labute approximate surface area is 144 Å². The van der Waals surface area contributed by atoms with Crippen LogP contribution in [-0.2, 0) is 4.79 Å². The van der Waals surface area contributed by atoms with Crippen LogP contribution >= 0.6 is 0 Å². The van der Waals surface area contributed by atoms with E-state index >= 15 is 0 Å². The normalized spacial score (nSPS) is 21.1. The molecule has 1 aliphatic heterocycles. The van der Waals surface area contributed by atoms with Crippen molar-refractivity contribution in [3.63, 3.8) is 0 Å². The van der Waals surface area contributed by atoms with Gasteiger partial charge in [0, 0.05) is 6.04 Å². The zero-order valence-electron chi connectivity index (χ0n) is 14.5. The number of likely N-dealkylation sites (tertiary alicyclic amines) is 1. The average Bonchev–Trinajstić information content (AvgIpc) is 3.01. The Hall–Kier alpha value is -2.13. The Morgan fingerprint density at radius 3 is 2.04 bits per heavy atom. The molecule has 24 heavy (non-hydrogen) atoms. The fraction of sp³-hybridized carbons (Fsp3) is 0.381. The number of rotatable bonds is 5. The molecule has 0 spiro atoms. The molecule has 0 aliphatic carbocycles. The molecule has 2 atom stereocenters. The summed E-state index contributed by atoms with van der Waals surface area (Å²) < 4.78 is 0. The van der Waals surface area contributed by atoms with E-state index in [-0.39, 0.29) is 18.0 Å². The zero-order valence-corrected chi connectivity index (χ0v) is 14.5. The molecule has 3 nitrogen and oxygen atoms in total. The van der Waals surface area contributed by atoms with Gasteiger partial charge in [-0.25, -0.2) is 0 Å². The van der Waals surface area contributed by atoms with E-state index in [4.69, 9.17) is 0 Å². The van der Waals surface area contributed by atoms with E-state index < -0.39 is 0 Å². The van der Waals surface area contributed by atoms with Crippen molar-refractivity contribution >= 4 is 5.91 Å². The first-order valence-corrected chi connectivity index (χ1v) is 8.83. The lowest BCUT2D eigenvalue weighted by Gasteiger charge is -2.27. The third kappa shape index (κ3) is 3.51. The van der Waals surface area contributed by atoms with Crippen LogP contribution in [0.3, 0.4) is 0 Å². The summed E-state index contributed by atoms with van der Waals surface area (Å²) in [5.41, 5.74) is 2.23. The molecular weight excluding hydrogens is 296 g/mol. The van der Waals surface area contributed by atoms with Crippen LogP contribution in [0.1, 0.15) is 43.4 Å². The van der Waals surface area contributed by atoms with Crippen molar-refractivity contribution in [2.24, 2.45) is 0 Å². The predicted molar refractivity (Wildman–Crippen MR) is 97.7 cm³/mol. The van der Waals surface area contributed by atoms with Gasteiger partial charge >= 0.3 is 0 Å². The lowest BCUT2D eigenvalue weighted by molar-refractivity contribution is -0.126. The van der Waals surface area contributed by atoms with E-state index in [1.165, 1.54) is 0 Å². The van der Waals surface area contributed by atoms with Gasteiger partial charge in [0.25, 0.3) is 0 Å². The second-order valence-corrected chi connectivity index (χ2v) is 6.58. The predicted octanol–water partition coefficient (Wildman–Crippen LogP) is 3.77. The topological polar surface area (TPSA) is 32.3 Å². The molecule has 126 valence electrons. The molecule has 1 N–H and O–H groups in total. The van der Waals surface area contributed by atoms with E-state index in [0.717, 1.165) is 30.4 Å².